The number of aryl methyl sites for hydroxylation is 1. The normalized spacial score (nSPS) is 13.6. The van der Waals surface area contributed by atoms with E-state index in [1.54, 1.807) is 49.4 Å². The Morgan fingerprint density at radius 3 is 2.61 bits per heavy atom. The molecule has 1 fully saturated rings. The largest absolute Gasteiger partial charge is 0.465 e. The molecule has 10 nitrogen and oxygen atoms in total. The van der Waals surface area contributed by atoms with E-state index in [-0.39, 0.29) is 5.69 Å². The van der Waals surface area contributed by atoms with E-state index in [1.165, 1.54) is 25.3 Å². The number of nitrogens with zero attached hydrogens (tertiary/aromatic N) is 2. The third-order valence-electron chi connectivity index (χ3n) is 5.67. The van der Waals surface area contributed by atoms with Crippen molar-refractivity contribution in [2.24, 2.45) is 0 Å². The number of anilines is 2. The average molecular weight is 492 g/mol. The van der Waals surface area contributed by atoms with Gasteiger partial charge in [0.15, 0.2) is 0 Å². The first-order chi connectivity index (χ1) is 17.4. The topological polar surface area (TPSA) is 124 Å². The van der Waals surface area contributed by atoms with Crippen molar-refractivity contribution in [2.45, 2.75) is 6.92 Å². The number of ether oxygens (including phenoxy) is 2. The maximum Gasteiger partial charge on any atom is 0.337 e. The second-order valence-electron chi connectivity index (χ2n) is 8.13. The number of morpholine rings is 1. The van der Waals surface area contributed by atoms with Crippen molar-refractivity contribution in [1.82, 2.24) is 0 Å². The number of nitro benzene ring substituents is 1. The summed E-state index contributed by atoms with van der Waals surface area (Å²) in [6, 6.07) is 13.1. The van der Waals surface area contributed by atoms with Gasteiger partial charge in [0.05, 0.1) is 47.7 Å². The van der Waals surface area contributed by atoms with Crippen molar-refractivity contribution >= 4 is 35.0 Å². The molecule has 4 rings (SSSR count). The first-order valence-corrected chi connectivity index (χ1v) is 11.2. The van der Waals surface area contributed by atoms with Crippen LogP contribution in [0.4, 0.5) is 17.1 Å². The molecule has 1 N–H and O–H groups in total. The van der Waals surface area contributed by atoms with Gasteiger partial charge in [-0.25, -0.2) is 4.79 Å². The molecule has 0 spiro atoms. The molecular weight excluding hydrogens is 466 g/mol. The van der Waals surface area contributed by atoms with Crippen LogP contribution in [0.2, 0.25) is 0 Å². The molecule has 2 heterocycles. The number of amides is 1. The fourth-order valence-corrected chi connectivity index (χ4v) is 3.88. The van der Waals surface area contributed by atoms with E-state index in [4.69, 9.17) is 13.9 Å². The number of carbonyl (C=O) groups is 2. The van der Waals surface area contributed by atoms with Crippen LogP contribution in [0.1, 0.15) is 21.7 Å². The molecule has 1 aliphatic heterocycles. The minimum absolute atomic E-state index is 0.0567. The predicted octanol–water partition coefficient (Wildman–Crippen LogP) is 4.44. The molecule has 1 aromatic heterocycles. The molecule has 0 bridgehead atoms. The second kappa shape index (κ2) is 10.9. The Bertz CT molecular complexity index is 1320. The van der Waals surface area contributed by atoms with Crippen molar-refractivity contribution in [3.8, 4) is 11.3 Å². The van der Waals surface area contributed by atoms with Crippen LogP contribution in [0.3, 0.4) is 0 Å². The smallest absolute Gasteiger partial charge is 0.337 e. The first-order valence-electron chi connectivity index (χ1n) is 11.2. The highest BCUT2D eigenvalue weighted by Gasteiger charge is 2.19. The molecule has 0 aliphatic carbocycles. The number of hydrogen-bond donors (Lipinski definition) is 1. The summed E-state index contributed by atoms with van der Waals surface area (Å²) in [6.07, 6.45) is 2.76. The van der Waals surface area contributed by atoms with Gasteiger partial charge in [0.2, 0.25) is 5.91 Å². The summed E-state index contributed by atoms with van der Waals surface area (Å²) in [4.78, 5) is 37.8. The Morgan fingerprint density at radius 1 is 1.11 bits per heavy atom. The minimum Gasteiger partial charge on any atom is -0.465 e. The van der Waals surface area contributed by atoms with Crippen LogP contribution in [-0.4, -0.2) is 50.2 Å². The molecule has 0 atom stereocenters. The van der Waals surface area contributed by atoms with Crippen molar-refractivity contribution in [1.29, 1.82) is 0 Å². The van der Waals surface area contributed by atoms with E-state index < -0.39 is 16.8 Å². The molecule has 2 aromatic carbocycles. The molecule has 0 radical (unpaired) electrons. The van der Waals surface area contributed by atoms with Crippen molar-refractivity contribution in [3.63, 3.8) is 0 Å². The summed E-state index contributed by atoms with van der Waals surface area (Å²) in [5, 5.41) is 14.2. The molecule has 10 heteroatoms. The van der Waals surface area contributed by atoms with Gasteiger partial charge in [-0.05, 0) is 55.0 Å². The van der Waals surface area contributed by atoms with E-state index in [0.29, 0.717) is 54.6 Å². The van der Waals surface area contributed by atoms with E-state index in [2.05, 4.69) is 10.2 Å². The van der Waals surface area contributed by atoms with Gasteiger partial charge in [-0.15, -0.1) is 0 Å². The molecular formula is C26H25N3O7. The highest BCUT2D eigenvalue weighted by Crippen LogP contribution is 2.32. The molecule has 0 saturated carbocycles. The number of furan rings is 1. The van der Waals surface area contributed by atoms with Crippen LogP contribution in [-0.2, 0) is 14.3 Å². The maximum atomic E-state index is 12.7. The van der Waals surface area contributed by atoms with Gasteiger partial charge in [0.25, 0.3) is 5.69 Å². The van der Waals surface area contributed by atoms with E-state index in [0.717, 1.165) is 11.3 Å². The minimum atomic E-state index is -0.511. The molecule has 1 aliphatic rings. The lowest BCUT2D eigenvalue weighted by molar-refractivity contribution is -0.384. The molecule has 36 heavy (non-hydrogen) atoms. The van der Waals surface area contributed by atoms with Crippen LogP contribution >= 0.6 is 0 Å². The molecule has 3 aromatic rings. The van der Waals surface area contributed by atoms with Crippen molar-refractivity contribution in [3.05, 3.63) is 81.6 Å². The summed E-state index contributed by atoms with van der Waals surface area (Å²) in [5.74, 6) is -0.275. The van der Waals surface area contributed by atoms with Gasteiger partial charge < -0.3 is 24.1 Å². The number of nitro groups is 1. The summed E-state index contributed by atoms with van der Waals surface area (Å²) >= 11 is 0. The van der Waals surface area contributed by atoms with Crippen LogP contribution in [0.25, 0.3) is 17.4 Å². The Hall–Kier alpha value is -4.44. The number of benzene rings is 2. The predicted molar refractivity (Wildman–Crippen MR) is 134 cm³/mol. The Kier molecular flexibility index (Phi) is 7.45. The van der Waals surface area contributed by atoms with Gasteiger partial charge in [-0.2, -0.15) is 0 Å². The standard InChI is InChI=1S/C26H25N3O7/c1-17-3-7-20(23(15-17)29(32)33)24-9-5-19(36-24)6-10-25(30)27-21-16-18(26(31)34-2)4-8-22(21)28-11-13-35-14-12-28/h3-10,15-16H,11-14H2,1-2H3,(H,27,30)/b10-6+. The van der Waals surface area contributed by atoms with E-state index in [1.807, 2.05) is 0 Å². The number of nitrogens with one attached hydrogen (secondary N) is 1. The quantitative estimate of drug-likeness (QED) is 0.223. The summed E-state index contributed by atoms with van der Waals surface area (Å²) < 4.78 is 15.9. The lowest BCUT2D eigenvalue weighted by atomic mass is 10.1. The number of esters is 1. The number of carbonyl (C=O) groups excluding carboxylic acids is 2. The summed E-state index contributed by atoms with van der Waals surface area (Å²) in [6.45, 7) is 4.20. The lowest BCUT2D eigenvalue weighted by Crippen LogP contribution is -2.36. The Labute approximate surface area is 207 Å². The number of hydrogen-bond acceptors (Lipinski definition) is 8. The summed E-state index contributed by atoms with van der Waals surface area (Å²) in [7, 11) is 1.29. The van der Waals surface area contributed by atoms with Gasteiger partial charge in [0, 0.05) is 25.2 Å². The maximum absolute atomic E-state index is 12.7. The van der Waals surface area contributed by atoms with Crippen molar-refractivity contribution in [2.75, 3.05) is 43.6 Å². The highest BCUT2D eigenvalue weighted by molar-refractivity contribution is 6.05. The molecule has 1 saturated heterocycles. The SMILES string of the molecule is COC(=O)c1ccc(N2CCOCC2)c(NC(=O)/C=C/c2ccc(-c3ccc(C)cc3[N+](=O)[O-])o2)c1. The van der Waals surface area contributed by atoms with Crippen LogP contribution < -0.4 is 10.2 Å². The second-order valence-corrected chi connectivity index (χ2v) is 8.13. The number of methoxy groups -OCH3 is 1. The third-order valence-corrected chi connectivity index (χ3v) is 5.67. The Balaban J connectivity index is 1.53. The van der Waals surface area contributed by atoms with Gasteiger partial charge in [0.1, 0.15) is 11.5 Å². The third kappa shape index (κ3) is 5.61. The lowest BCUT2D eigenvalue weighted by Gasteiger charge is -2.30. The van der Waals surface area contributed by atoms with Gasteiger partial charge >= 0.3 is 5.97 Å². The van der Waals surface area contributed by atoms with Crippen molar-refractivity contribution < 1.29 is 28.4 Å². The van der Waals surface area contributed by atoms with Crippen LogP contribution in [0.5, 0.6) is 0 Å². The fraction of sp³-hybridized carbons (Fsp3) is 0.231. The monoisotopic (exact) mass is 491 g/mol. The van der Waals surface area contributed by atoms with E-state index in [9.17, 15) is 19.7 Å². The van der Waals surface area contributed by atoms with Crippen LogP contribution in [0.15, 0.2) is 59.0 Å². The molecule has 0 unspecified atom stereocenters. The summed E-state index contributed by atoms with van der Waals surface area (Å²) in [5.41, 5.74) is 2.60. The zero-order valence-corrected chi connectivity index (χ0v) is 19.9. The molecule has 186 valence electrons. The number of rotatable bonds is 7. The fourth-order valence-electron chi connectivity index (χ4n) is 3.88. The first kappa shape index (κ1) is 24.7. The Morgan fingerprint density at radius 2 is 1.89 bits per heavy atom. The van der Waals surface area contributed by atoms with Gasteiger partial charge in [-0.3, -0.25) is 14.9 Å². The van der Waals surface area contributed by atoms with E-state index >= 15 is 0 Å². The van der Waals surface area contributed by atoms with Crippen LogP contribution in [0, 0.1) is 17.0 Å². The van der Waals surface area contributed by atoms with Gasteiger partial charge in [-0.1, -0.05) is 6.07 Å². The zero-order valence-electron chi connectivity index (χ0n) is 19.9. The average Bonchev–Trinajstić information content (AvgIpc) is 3.36. The zero-order chi connectivity index (χ0) is 25.7. The molecule has 1 amide bonds. The highest BCUT2D eigenvalue weighted by atomic mass is 16.6.